The van der Waals surface area contributed by atoms with E-state index in [4.69, 9.17) is 4.74 Å². The second-order valence-electron chi connectivity index (χ2n) is 5.79. The molecule has 0 aromatic carbocycles. The van der Waals surface area contributed by atoms with Crippen LogP contribution in [0.25, 0.3) is 0 Å². The van der Waals surface area contributed by atoms with Crippen molar-refractivity contribution in [2.45, 2.75) is 46.5 Å². The molecule has 1 aliphatic carbocycles. The topological polar surface area (TPSA) is 43.4 Å². The maximum atomic E-state index is 11.7. The van der Waals surface area contributed by atoms with Crippen molar-refractivity contribution in [3.05, 3.63) is 12.2 Å². The van der Waals surface area contributed by atoms with Crippen LogP contribution in [0, 0.1) is 10.8 Å². The van der Waals surface area contributed by atoms with Gasteiger partial charge in [-0.1, -0.05) is 32.9 Å². The first-order valence-corrected chi connectivity index (χ1v) is 6.00. The number of methoxy groups -OCH3 is 1. The fraction of sp³-hybridized carbons (Fsp3) is 0.714. The lowest BCUT2D eigenvalue weighted by Gasteiger charge is -2.43. The molecule has 1 saturated carbocycles. The van der Waals surface area contributed by atoms with Gasteiger partial charge in [0.2, 0.25) is 0 Å². The van der Waals surface area contributed by atoms with E-state index in [2.05, 4.69) is 6.58 Å². The first-order chi connectivity index (χ1) is 7.73. The second kappa shape index (κ2) is 4.63. The SMILES string of the molecule is C=C1CCC(=O)CC(C)(C)C1(C)CC(=O)OC. The molecule has 0 heterocycles. The molecule has 1 unspecified atom stereocenters. The molecule has 0 amide bonds. The Morgan fingerprint density at radius 3 is 2.47 bits per heavy atom. The van der Waals surface area contributed by atoms with Crippen LogP contribution < -0.4 is 0 Å². The van der Waals surface area contributed by atoms with E-state index in [0.29, 0.717) is 25.7 Å². The summed E-state index contributed by atoms with van der Waals surface area (Å²) in [7, 11) is 1.39. The third-order valence-corrected chi connectivity index (χ3v) is 4.34. The molecule has 0 radical (unpaired) electrons. The van der Waals surface area contributed by atoms with E-state index >= 15 is 0 Å². The van der Waals surface area contributed by atoms with Gasteiger partial charge in [-0.3, -0.25) is 9.59 Å². The average Bonchev–Trinajstić information content (AvgIpc) is 2.29. The predicted octanol–water partition coefficient (Wildman–Crippen LogP) is 2.89. The molecule has 0 N–H and O–H groups in total. The summed E-state index contributed by atoms with van der Waals surface area (Å²) in [4.78, 5) is 23.3. The molecule has 1 aliphatic rings. The summed E-state index contributed by atoms with van der Waals surface area (Å²) in [5.74, 6) is 0.0146. The van der Waals surface area contributed by atoms with Gasteiger partial charge >= 0.3 is 5.97 Å². The van der Waals surface area contributed by atoms with E-state index in [1.165, 1.54) is 7.11 Å². The molecule has 0 saturated heterocycles. The van der Waals surface area contributed by atoms with Gasteiger partial charge in [-0.2, -0.15) is 0 Å². The Hall–Kier alpha value is -1.12. The lowest BCUT2D eigenvalue weighted by Crippen LogP contribution is -2.38. The Labute approximate surface area is 103 Å². The van der Waals surface area contributed by atoms with Crippen molar-refractivity contribution in [1.29, 1.82) is 0 Å². The van der Waals surface area contributed by atoms with Gasteiger partial charge in [0.05, 0.1) is 13.5 Å². The van der Waals surface area contributed by atoms with Gasteiger partial charge in [-0.25, -0.2) is 0 Å². The van der Waals surface area contributed by atoms with Crippen molar-refractivity contribution < 1.29 is 14.3 Å². The minimum Gasteiger partial charge on any atom is -0.469 e. The Morgan fingerprint density at radius 2 is 1.94 bits per heavy atom. The van der Waals surface area contributed by atoms with Gasteiger partial charge in [0.25, 0.3) is 0 Å². The Morgan fingerprint density at radius 1 is 1.35 bits per heavy atom. The standard InChI is InChI=1S/C14H22O3/c1-10-6-7-11(15)8-13(2,3)14(10,4)9-12(16)17-5/h1,6-9H2,2-5H3. The maximum absolute atomic E-state index is 11.7. The largest absolute Gasteiger partial charge is 0.469 e. The number of esters is 1. The highest BCUT2D eigenvalue weighted by molar-refractivity contribution is 5.80. The maximum Gasteiger partial charge on any atom is 0.306 e. The van der Waals surface area contributed by atoms with Crippen molar-refractivity contribution in [2.75, 3.05) is 7.11 Å². The molecule has 1 atom stereocenters. The number of rotatable bonds is 2. The molecule has 0 bridgehead atoms. The summed E-state index contributed by atoms with van der Waals surface area (Å²) in [5, 5.41) is 0. The highest BCUT2D eigenvalue weighted by Crippen LogP contribution is 2.52. The van der Waals surface area contributed by atoms with Crippen LogP contribution in [-0.4, -0.2) is 18.9 Å². The van der Waals surface area contributed by atoms with Crippen LogP contribution in [0.1, 0.15) is 46.5 Å². The van der Waals surface area contributed by atoms with Crippen LogP contribution in [0.5, 0.6) is 0 Å². The van der Waals surface area contributed by atoms with Crippen molar-refractivity contribution >= 4 is 11.8 Å². The number of hydrogen-bond donors (Lipinski definition) is 0. The minimum absolute atomic E-state index is 0.240. The van der Waals surface area contributed by atoms with Gasteiger partial charge in [0, 0.05) is 18.3 Å². The van der Waals surface area contributed by atoms with Gasteiger partial charge < -0.3 is 4.74 Å². The quantitative estimate of drug-likeness (QED) is 0.422. The summed E-state index contributed by atoms with van der Waals surface area (Å²) in [6.07, 6.45) is 2.01. The van der Waals surface area contributed by atoms with Crippen LogP contribution in [0.3, 0.4) is 0 Å². The first-order valence-electron chi connectivity index (χ1n) is 6.00. The smallest absolute Gasteiger partial charge is 0.306 e. The summed E-state index contributed by atoms with van der Waals surface area (Å²) < 4.78 is 4.76. The highest BCUT2D eigenvalue weighted by atomic mass is 16.5. The zero-order valence-electron chi connectivity index (χ0n) is 11.3. The number of hydrogen-bond acceptors (Lipinski definition) is 3. The fourth-order valence-electron chi connectivity index (χ4n) is 2.55. The average molecular weight is 238 g/mol. The monoisotopic (exact) mass is 238 g/mol. The van der Waals surface area contributed by atoms with Crippen LogP contribution in [0.4, 0.5) is 0 Å². The van der Waals surface area contributed by atoms with E-state index in [1.54, 1.807) is 0 Å². The molecule has 0 aromatic rings. The predicted molar refractivity (Wildman–Crippen MR) is 66.5 cm³/mol. The number of allylic oxidation sites excluding steroid dienone is 1. The van der Waals surface area contributed by atoms with Crippen molar-refractivity contribution in [3.8, 4) is 0 Å². The van der Waals surface area contributed by atoms with Crippen molar-refractivity contribution in [2.24, 2.45) is 10.8 Å². The van der Waals surface area contributed by atoms with E-state index < -0.39 is 0 Å². The van der Waals surface area contributed by atoms with E-state index in [9.17, 15) is 9.59 Å². The summed E-state index contributed by atoms with van der Waals surface area (Å²) in [6.45, 7) is 10.2. The molecule has 1 rings (SSSR count). The molecule has 96 valence electrons. The molecule has 17 heavy (non-hydrogen) atoms. The lowest BCUT2D eigenvalue weighted by molar-refractivity contribution is -0.145. The van der Waals surface area contributed by atoms with E-state index in [0.717, 1.165) is 5.57 Å². The van der Waals surface area contributed by atoms with E-state index in [-0.39, 0.29) is 22.6 Å². The Balaban J connectivity index is 3.09. The van der Waals surface area contributed by atoms with Crippen LogP contribution in [0.2, 0.25) is 0 Å². The van der Waals surface area contributed by atoms with Gasteiger partial charge in [-0.05, 0) is 11.8 Å². The summed E-state index contributed by atoms with van der Waals surface area (Å²) >= 11 is 0. The van der Waals surface area contributed by atoms with Gasteiger partial charge in [0.1, 0.15) is 5.78 Å². The zero-order chi connectivity index (χ0) is 13.3. The van der Waals surface area contributed by atoms with Crippen molar-refractivity contribution in [1.82, 2.24) is 0 Å². The van der Waals surface area contributed by atoms with Crippen LogP contribution in [-0.2, 0) is 14.3 Å². The van der Waals surface area contributed by atoms with Crippen LogP contribution >= 0.6 is 0 Å². The number of Topliss-reactive ketones (excluding diaryl/α,β-unsaturated/α-hetero) is 1. The molecular formula is C14H22O3. The molecule has 0 spiro atoms. The second-order valence-corrected chi connectivity index (χ2v) is 5.79. The number of ketones is 1. The molecule has 3 nitrogen and oxygen atoms in total. The zero-order valence-corrected chi connectivity index (χ0v) is 11.3. The summed E-state index contributed by atoms with van der Waals surface area (Å²) in [5.41, 5.74) is 0.358. The van der Waals surface area contributed by atoms with Gasteiger partial charge in [-0.15, -0.1) is 0 Å². The molecular weight excluding hydrogens is 216 g/mol. The van der Waals surface area contributed by atoms with E-state index in [1.807, 2.05) is 20.8 Å². The molecule has 0 aromatic heterocycles. The Bertz CT molecular complexity index is 354. The number of carbonyl (C=O) groups excluding carboxylic acids is 2. The normalized spacial score (nSPS) is 28.7. The third-order valence-electron chi connectivity index (χ3n) is 4.34. The highest BCUT2D eigenvalue weighted by Gasteiger charge is 2.47. The molecule has 1 fully saturated rings. The number of carbonyl (C=O) groups is 2. The van der Waals surface area contributed by atoms with Crippen LogP contribution in [0.15, 0.2) is 12.2 Å². The van der Waals surface area contributed by atoms with Gasteiger partial charge in [0.15, 0.2) is 0 Å². The fourth-order valence-corrected chi connectivity index (χ4v) is 2.55. The molecule has 3 heteroatoms. The van der Waals surface area contributed by atoms with Crippen molar-refractivity contribution in [3.63, 3.8) is 0 Å². The third kappa shape index (κ3) is 2.59. The minimum atomic E-state index is -0.369. The first kappa shape index (κ1) is 13.9. The summed E-state index contributed by atoms with van der Waals surface area (Å²) in [6, 6.07) is 0. The Kier molecular flexibility index (Phi) is 3.80. The molecule has 0 aliphatic heterocycles. The lowest BCUT2D eigenvalue weighted by atomic mass is 9.60. The number of ether oxygens (including phenoxy) is 1.